The van der Waals surface area contributed by atoms with E-state index < -0.39 is 35.1 Å². The Balaban J connectivity index is 1.40. The molecule has 3 heterocycles. The fourth-order valence-corrected chi connectivity index (χ4v) is 5.13. The molecule has 1 spiro atoms. The third-order valence-electron chi connectivity index (χ3n) is 6.59. The van der Waals surface area contributed by atoms with Crippen molar-refractivity contribution in [3.05, 3.63) is 12.4 Å². The van der Waals surface area contributed by atoms with Gasteiger partial charge in [0.1, 0.15) is 5.82 Å². The van der Waals surface area contributed by atoms with E-state index in [1.54, 1.807) is 0 Å². The van der Waals surface area contributed by atoms with E-state index in [0.717, 1.165) is 0 Å². The van der Waals surface area contributed by atoms with Crippen molar-refractivity contribution in [3.8, 4) is 0 Å². The molecule has 4 N–H and O–H groups in total. The van der Waals surface area contributed by atoms with Gasteiger partial charge in [0.05, 0.1) is 40.4 Å². The van der Waals surface area contributed by atoms with E-state index in [1.165, 1.54) is 17.3 Å². The summed E-state index contributed by atoms with van der Waals surface area (Å²) in [6.07, 6.45) is 3.98. The summed E-state index contributed by atoms with van der Waals surface area (Å²) < 4.78 is 29.2. The molecule has 2 aromatic rings. The monoisotopic (exact) mass is 390 g/mol. The Morgan fingerprint density at radius 3 is 2.82 bits per heavy atom. The number of aromatic nitrogens is 3. The summed E-state index contributed by atoms with van der Waals surface area (Å²) in [6, 6.07) is -0.561. The molecule has 0 bridgehead atoms. The van der Waals surface area contributed by atoms with Gasteiger partial charge in [0, 0.05) is 12.5 Å². The van der Waals surface area contributed by atoms with Gasteiger partial charge in [0.2, 0.25) is 0 Å². The molecular weight excluding hydrogens is 370 g/mol. The lowest BCUT2D eigenvalue weighted by molar-refractivity contribution is -0.268. The molecule has 148 valence electrons. The number of halogens is 2. The molecule has 3 aliphatic rings. The van der Waals surface area contributed by atoms with E-state index in [9.17, 15) is 18.4 Å². The number of amides is 2. The van der Waals surface area contributed by atoms with Crippen LogP contribution in [0.1, 0.15) is 26.2 Å². The Labute approximate surface area is 158 Å². The van der Waals surface area contributed by atoms with Crippen LogP contribution in [0.2, 0.25) is 0 Å². The molecule has 2 aromatic heterocycles. The van der Waals surface area contributed by atoms with Gasteiger partial charge in [-0.25, -0.2) is 13.8 Å². The predicted molar refractivity (Wildman–Crippen MR) is 96.3 cm³/mol. The third kappa shape index (κ3) is 2.08. The highest BCUT2D eigenvalue weighted by Crippen LogP contribution is 2.74. The second kappa shape index (κ2) is 5.39. The number of fused-ring (bicyclic) bond motifs is 3. The number of anilines is 2. The van der Waals surface area contributed by atoms with Crippen LogP contribution in [0, 0.1) is 17.3 Å². The molecule has 2 amide bonds. The smallest absolute Gasteiger partial charge is 0.314 e. The molecule has 8 nitrogen and oxygen atoms in total. The normalized spacial score (nSPS) is 29.2. The van der Waals surface area contributed by atoms with Crippen LogP contribution < -0.4 is 11.1 Å². The molecule has 2 aliphatic carbocycles. The van der Waals surface area contributed by atoms with Gasteiger partial charge in [-0.1, -0.05) is 6.92 Å². The average molecular weight is 390 g/mol. The maximum absolute atomic E-state index is 14.6. The first-order valence-electron chi connectivity index (χ1n) is 9.33. The zero-order valence-electron chi connectivity index (χ0n) is 15.2. The summed E-state index contributed by atoms with van der Waals surface area (Å²) in [7, 11) is 0. The Hall–Kier alpha value is -2.78. The number of likely N-dealkylation sites (tertiary alicyclic amines) is 1. The SMILES string of the molecule is C[C@H]1CC2[C@@H](N(C(=O)C(=O)Nc3cnc(N)c4cn[nH]c34)C1)C1(CC1)C2(F)F. The number of nitrogen functional groups attached to an aromatic ring is 1. The minimum atomic E-state index is -2.76. The van der Waals surface area contributed by atoms with Crippen LogP contribution >= 0.6 is 0 Å². The van der Waals surface area contributed by atoms with Crippen LogP contribution in [-0.2, 0) is 9.59 Å². The summed E-state index contributed by atoms with van der Waals surface area (Å²) in [6.45, 7) is 2.14. The Bertz CT molecular complexity index is 1000. The highest BCUT2D eigenvalue weighted by Gasteiger charge is 2.82. The van der Waals surface area contributed by atoms with Crippen molar-refractivity contribution in [3.63, 3.8) is 0 Å². The van der Waals surface area contributed by atoms with E-state index in [0.29, 0.717) is 36.7 Å². The van der Waals surface area contributed by atoms with Crippen LogP contribution in [0.5, 0.6) is 0 Å². The summed E-state index contributed by atoms with van der Waals surface area (Å²) >= 11 is 0. The van der Waals surface area contributed by atoms with Crippen LogP contribution in [0.25, 0.3) is 10.9 Å². The second-order valence-electron chi connectivity index (χ2n) is 8.30. The van der Waals surface area contributed by atoms with Crippen molar-refractivity contribution in [2.45, 2.75) is 38.2 Å². The number of hydrogen-bond donors (Lipinski definition) is 3. The number of carbonyl (C=O) groups is 2. The molecule has 3 fully saturated rings. The van der Waals surface area contributed by atoms with Crippen molar-refractivity contribution in [2.75, 3.05) is 17.6 Å². The number of nitrogens with one attached hydrogen (secondary N) is 2. The van der Waals surface area contributed by atoms with Crippen molar-refractivity contribution < 1.29 is 18.4 Å². The molecule has 3 atom stereocenters. The summed E-state index contributed by atoms with van der Waals surface area (Å²) in [4.78, 5) is 30.9. The molecule has 1 saturated heterocycles. The fraction of sp³-hybridized carbons (Fsp3) is 0.556. The standard InChI is InChI=1S/C18H20F2N6O2/c1-8-4-10-13(17(2-3-17)18(10,19)20)26(7-8)16(28)15(27)24-11-6-22-14(21)9-5-23-25-12(9)11/h5-6,8,10,13H,2-4,7H2,1H3,(H2,21,22)(H,23,25)(H,24,27)/t8-,10?,13+/m0/s1. The quantitative estimate of drug-likeness (QED) is 0.642. The van der Waals surface area contributed by atoms with Gasteiger partial charge in [0.15, 0.2) is 0 Å². The van der Waals surface area contributed by atoms with Crippen molar-refractivity contribution in [2.24, 2.45) is 17.3 Å². The molecule has 5 rings (SSSR count). The van der Waals surface area contributed by atoms with Crippen LogP contribution in [0.15, 0.2) is 12.4 Å². The minimum absolute atomic E-state index is 0.0857. The van der Waals surface area contributed by atoms with Crippen LogP contribution in [-0.4, -0.2) is 50.4 Å². The number of piperidine rings is 1. The van der Waals surface area contributed by atoms with E-state index in [-0.39, 0.29) is 17.4 Å². The number of pyridine rings is 1. The van der Waals surface area contributed by atoms with Crippen molar-refractivity contribution in [1.29, 1.82) is 0 Å². The van der Waals surface area contributed by atoms with Gasteiger partial charge in [-0.3, -0.25) is 14.7 Å². The van der Waals surface area contributed by atoms with Crippen molar-refractivity contribution in [1.82, 2.24) is 20.1 Å². The number of aromatic amines is 1. The molecule has 1 unspecified atom stereocenters. The second-order valence-corrected chi connectivity index (χ2v) is 8.30. The maximum atomic E-state index is 14.6. The highest BCUT2D eigenvalue weighted by atomic mass is 19.3. The van der Waals surface area contributed by atoms with Crippen LogP contribution in [0.3, 0.4) is 0 Å². The minimum Gasteiger partial charge on any atom is -0.383 e. The molecule has 10 heteroatoms. The Morgan fingerprint density at radius 2 is 2.11 bits per heavy atom. The first kappa shape index (κ1) is 17.3. The first-order chi connectivity index (χ1) is 13.3. The number of H-pyrrole nitrogens is 1. The molecular formula is C18H20F2N6O2. The average Bonchev–Trinajstić information content (AvgIpc) is 3.35. The summed E-state index contributed by atoms with van der Waals surface area (Å²) in [5.41, 5.74) is 5.35. The molecule has 0 radical (unpaired) electrons. The van der Waals surface area contributed by atoms with E-state index in [1.807, 2.05) is 6.92 Å². The Kier molecular flexibility index (Phi) is 3.34. The number of nitrogens with zero attached hydrogens (tertiary/aromatic N) is 3. The van der Waals surface area contributed by atoms with E-state index in [2.05, 4.69) is 20.5 Å². The zero-order chi connectivity index (χ0) is 19.8. The largest absolute Gasteiger partial charge is 0.383 e. The van der Waals surface area contributed by atoms with Gasteiger partial charge in [-0.2, -0.15) is 5.10 Å². The fourth-order valence-electron chi connectivity index (χ4n) is 5.13. The number of alkyl halides is 2. The van der Waals surface area contributed by atoms with Gasteiger partial charge >= 0.3 is 11.8 Å². The summed E-state index contributed by atoms with van der Waals surface area (Å²) in [5.74, 6) is -5.13. The number of rotatable bonds is 1. The molecule has 0 aromatic carbocycles. The number of carbonyl (C=O) groups excluding carboxylic acids is 2. The predicted octanol–water partition coefficient (Wildman–Crippen LogP) is 1.76. The van der Waals surface area contributed by atoms with E-state index >= 15 is 0 Å². The molecule has 28 heavy (non-hydrogen) atoms. The van der Waals surface area contributed by atoms with Crippen LogP contribution in [0.4, 0.5) is 20.3 Å². The van der Waals surface area contributed by atoms with Crippen molar-refractivity contribution >= 4 is 34.2 Å². The summed E-state index contributed by atoms with van der Waals surface area (Å²) in [5, 5.41) is 9.64. The number of hydrogen-bond acceptors (Lipinski definition) is 5. The lowest BCUT2D eigenvalue weighted by Crippen LogP contribution is -2.73. The third-order valence-corrected chi connectivity index (χ3v) is 6.59. The van der Waals surface area contributed by atoms with Gasteiger partial charge < -0.3 is 16.0 Å². The van der Waals surface area contributed by atoms with Gasteiger partial charge in [0.25, 0.3) is 5.92 Å². The van der Waals surface area contributed by atoms with Gasteiger partial charge in [-0.05, 0) is 25.2 Å². The topological polar surface area (TPSA) is 117 Å². The molecule has 1 aliphatic heterocycles. The lowest BCUT2D eigenvalue weighted by Gasteiger charge is -2.60. The van der Waals surface area contributed by atoms with Gasteiger partial charge in [-0.15, -0.1) is 0 Å². The maximum Gasteiger partial charge on any atom is 0.314 e. The first-order valence-corrected chi connectivity index (χ1v) is 9.33. The number of nitrogens with two attached hydrogens (primary N) is 1. The highest BCUT2D eigenvalue weighted by molar-refractivity contribution is 6.40. The lowest BCUT2D eigenvalue weighted by atomic mass is 9.57. The van der Waals surface area contributed by atoms with E-state index in [4.69, 9.17) is 5.73 Å². The zero-order valence-corrected chi connectivity index (χ0v) is 15.2. The molecule has 2 saturated carbocycles. The Morgan fingerprint density at radius 1 is 1.36 bits per heavy atom.